The minimum absolute atomic E-state index is 0.0780. The van der Waals surface area contributed by atoms with Crippen molar-refractivity contribution in [3.05, 3.63) is 29.0 Å². The molecule has 0 radical (unpaired) electrons. The van der Waals surface area contributed by atoms with E-state index < -0.39 is 32.7 Å². The molecular weight excluding hydrogens is 309 g/mol. The van der Waals surface area contributed by atoms with Crippen LogP contribution in [0.3, 0.4) is 0 Å². The largest absolute Gasteiger partial charge is 0.480 e. The smallest absolute Gasteiger partial charge is 0.321 e. The van der Waals surface area contributed by atoms with Crippen molar-refractivity contribution in [1.29, 1.82) is 0 Å². The normalized spacial score (nSPS) is 13.2. The van der Waals surface area contributed by atoms with Crippen molar-refractivity contribution in [3.8, 4) is 0 Å². The van der Waals surface area contributed by atoms with Gasteiger partial charge in [0.15, 0.2) is 0 Å². The maximum atomic E-state index is 13.2. The lowest BCUT2D eigenvalue weighted by Crippen LogP contribution is -2.40. The summed E-state index contributed by atoms with van der Waals surface area (Å²) >= 11 is 5.59. The van der Waals surface area contributed by atoms with Crippen LogP contribution in [0, 0.1) is 5.82 Å². The molecule has 0 fully saturated rings. The van der Waals surface area contributed by atoms with Crippen LogP contribution in [0.2, 0.25) is 5.02 Å². The fraction of sp³-hybridized carbons (Fsp3) is 0.417. The van der Waals surface area contributed by atoms with Crippen LogP contribution in [0.25, 0.3) is 0 Å². The highest BCUT2D eigenvalue weighted by atomic mass is 35.5. The number of aliphatic carboxylic acids is 1. The minimum atomic E-state index is -4.14. The molecule has 5 nitrogen and oxygen atoms in total. The van der Waals surface area contributed by atoms with Crippen molar-refractivity contribution in [2.45, 2.75) is 37.1 Å². The molecule has 1 aromatic rings. The van der Waals surface area contributed by atoms with E-state index in [2.05, 4.69) is 0 Å². The number of nitrogens with one attached hydrogen (secondary N) is 1. The predicted molar refractivity (Wildman–Crippen MR) is 72.7 cm³/mol. The Bertz CT molecular complexity index is 571. The Hall–Kier alpha value is -1.18. The quantitative estimate of drug-likeness (QED) is 0.807. The van der Waals surface area contributed by atoms with Crippen molar-refractivity contribution in [2.24, 2.45) is 0 Å². The maximum Gasteiger partial charge on any atom is 0.321 e. The number of sulfonamides is 1. The van der Waals surface area contributed by atoms with Gasteiger partial charge in [-0.3, -0.25) is 4.79 Å². The van der Waals surface area contributed by atoms with Crippen LogP contribution in [-0.4, -0.2) is 25.5 Å². The number of hydrogen-bond acceptors (Lipinski definition) is 3. The lowest BCUT2D eigenvalue weighted by molar-refractivity contribution is -0.139. The van der Waals surface area contributed by atoms with Gasteiger partial charge in [-0.25, -0.2) is 12.8 Å². The molecule has 0 heterocycles. The van der Waals surface area contributed by atoms with E-state index in [1.54, 1.807) is 0 Å². The first-order valence-corrected chi connectivity index (χ1v) is 7.83. The van der Waals surface area contributed by atoms with Gasteiger partial charge in [0.2, 0.25) is 10.0 Å². The number of unbranched alkanes of at least 4 members (excludes halogenated alkanes) is 1. The molecule has 0 aliphatic carbocycles. The van der Waals surface area contributed by atoms with Gasteiger partial charge in [0.05, 0.1) is 4.90 Å². The Morgan fingerprint density at radius 1 is 1.45 bits per heavy atom. The van der Waals surface area contributed by atoms with Crippen molar-refractivity contribution in [2.75, 3.05) is 0 Å². The van der Waals surface area contributed by atoms with E-state index >= 15 is 0 Å². The SMILES string of the molecule is CCCCC(NS(=O)(=O)c1cc(F)cc(Cl)c1)C(=O)O. The minimum Gasteiger partial charge on any atom is -0.480 e. The summed E-state index contributed by atoms with van der Waals surface area (Å²) in [4.78, 5) is 10.6. The van der Waals surface area contributed by atoms with Crippen LogP contribution >= 0.6 is 11.6 Å². The molecule has 1 rings (SSSR count). The van der Waals surface area contributed by atoms with Crippen molar-refractivity contribution in [3.63, 3.8) is 0 Å². The molecule has 20 heavy (non-hydrogen) atoms. The molecule has 0 saturated carbocycles. The van der Waals surface area contributed by atoms with Gasteiger partial charge in [-0.1, -0.05) is 31.4 Å². The number of rotatable bonds is 7. The fourth-order valence-corrected chi connectivity index (χ4v) is 3.15. The van der Waals surface area contributed by atoms with Gasteiger partial charge >= 0.3 is 5.97 Å². The zero-order valence-electron chi connectivity index (χ0n) is 10.8. The molecular formula is C12H15ClFNO4S. The summed E-state index contributed by atoms with van der Waals surface area (Å²) in [6.07, 6.45) is 1.45. The first-order valence-electron chi connectivity index (χ1n) is 5.97. The lowest BCUT2D eigenvalue weighted by Gasteiger charge is -2.14. The zero-order valence-corrected chi connectivity index (χ0v) is 12.3. The molecule has 1 aromatic carbocycles. The van der Waals surface area contributed by atoms with Gasteiger partial charge < -0.3 is 5.11 Å². The third kappa shape index (κ3) is 4.73. The van der Waals surface area contributed by atoms with Crippen molar-refractivity contribution in [1.82, 2.24) is 4.72 Å². The van der Waals surface area contributed by atoms with Crippen LogP contribution < -0.4 is 4.72 Å². The van der Waals surface area contributed by atoms with Crippen LogP contribution in [0.1, 0.15) is 26.2 Å². The zero-order chi connectivity index (χ0) is 15.3. The number of carboxylic acid groups (broad SMARTS) is 1. The van der Waals surface area contributed by atoms with Gasteiger partial charge in [0, 0.05) is 5.02 Å². The molecule has 0 saturated heterocycles. The van der Waals surface area contributed by atoms with Gasteiger partial charge in [-0.15, -0.1) is 0 Å². The second-order valence-electron chi connectivity index (χ2n) is 4.26. The molecule has 8 heteroatoms. The van der Waals surface area contributed by atoms with Crippen molar-refractivity contribution < 1.29 is 22.7 Å². The molecule has 1 unspecified atom stereocenters. The van der Waals surface area contributed by atoms with Gasteiger partial charge in [0.25, 0.3) is 0 Å². The van der Waals surface area contributed by atoms with Crippen LogP contribution in [0.5, 0.6) is 0 Å². The monoisotopic (exact) mass is 323 g/mol. The Labute approximate surface area is 121 Å². The number of carbonyl (C=O) groups is 1. The van der Waals surface area contributed by atoms with Crippen LogP contribution in [-0.2, 0) is 14.8 Å². The lowest BCUT2D eigenvalue weighted by atomic mass is 10.1. The summed E-state index contributed by atoms with van der Waals surface area (Å²) in [5.74, 6) is -2.08. The third-order valence-electron chi connectivity index (χ3n) is 2.59. The molecule has 1 atom stereocenters. The Morgan fingerprint density at radius 3 is 2.60 bits per heavy atom. The summed E-state index contributed by atoms with van der Waals surface area (Å²) in [6, 6.07) is 1.56. The number of benzene rings is 1. The number of carboxylic acids is 1. The van der Waals surface area contributed by atoms with Gasteiger partial charge in [-0.2, -0.15) is 4.72 Å². The predicted octanol–water partition coefficient (Wildman–Crippen LogP) is 2.40. The summed E-state index contributed by atoms with van der Waals surface area (Å²) in [5, 5.41) is 8.91. The summed E-state index contributed by atoms with van der Waals surface area (Å²) in [5.41, 5.74) is 0. The first-order chi connectivity index (χ1) is 9.26. The standard InChI is InChI=1S/C12H15ClFNO4S/c1-2-3-4-11(12(16)17)15-20(18,19)10-6-8(13)5-9(14)7-10/h5-7,11,15H,2-4H2,1H3,(H,16,17). The average Bonchev–Trinajstić information content (AvgIpc) is 2.32. The highest BCUT2D eigenvalue weighted by Crippen LogP contribution is 2.19. The Morgan fingerprint density at radius 2 is 2.10 bits per heavy atom. The maximum absolute atomic E-state index is 13.2. The first kappa shape index (κ1) is 16.9. The average molecular weight is 324 g/mol. The Balaban J connectivity index is 3.00. The Kier molecular flexibility index (Phi) is 5.91. The third-order valence-corrected chi connectivity index (χ3v) is 4.26. The number of halogens is 2. The summed E-state index contributed by atoms with van der Waals surface area (Å²) in [6.45, 7) is 1.86. The fourth-order valence-electron chi connectivity index (χ4n) is 1.58. The molecule has 0 bridgehead atoms. The van der Waals surface area contributed by atoms with Crippen molar-refractivity contribution >= 4 is 27.6 Å². The molecule has 0 aromatic heterocycles. The van der Waals surface area contributed by atoms with Gasteiger partial charge in [-0.05, 0) is 24.6 Å². The van der Waals surface area contributed by atoms with E-state index in [-0.39, 0.29) is 11.4 Å². The molecule has 2 N–H and O–H groups in total. The van der Waals surface area contributed by atoms with Crippen LogP contribution in [0.15, 0.2) is 23.1 Å². The highest BCUT2D eigenvalue weighted by Gasteiger charge is 2.25. The summed E-state index contributed by atoms with van der Waals surface area (Å²) in [7, 11) is -4.14. The van der Waals surface area contributed by atoms with Gasteiger partial charge in [0.1, 0.15) is 11.9 Å². The summed E-state index contributed by atoms with van der Waals surface area (Å²) < 4.78 is 39.2. The molecule has 112 valence electrons. The molecule has 0 spiro atoms. The molecule has 0 aliphatic rings. The van der Waals surface area contributed by atoms with Crippen LogP contribution in [0.4, 0.5) is 4.39 Å². The number of hydrogen-bond donors (Lipinski definition) is 2. The van der Waals surface area contributed by atoms with E-state index in [0.29, 0.717) is 6.42 Å². The highest BCUT2D eigenvalue weighted by molar-refractivity contribution is 7.89. The second-order valence-corrected chi connectivity index (χ2v) is 6.41. The van der Waals surface area contributed by atoms with E-state index in [4.69, 9.17) is 16.7 Å². The van der Waals surface area contributed by atoms with E-state index in [0.717, 1.165) is 24.6 Å². The molecule has 0 aliphatic heterocycles. The topological polar surface area (TPSA) is 83.5 Å². The van der Waals surface area contributed by atoms with E-state index in [9.17, 15) is 17.6 Å². The van der Waals surface area contributed by atoms with E-state index in [1.165, 1.54) is 0 Å². The molecule has 0 amide bonds. The second kappa shape index (κ2) is 7.01. The van der Waals surface area contributed by atoms with E-state index in [1.807, 2.05) is 11.6 Å².